The summed E-state index contributed by atoms with van der Waals surface area (Å²) in [6, 6.07) is 0. The van der Waals surface area contributed by atoms with E-state index in [0.29, 0.717) is 0 Å². The molecule has 1 aromatic carbocycles. The Morgan fingerprint density at radius 1 is 0.714 bits per heavy atom. The number of quaternary nitrogens is 1. The lowest BCUT2D eigenvalue weighted by atomic mass is 10.1. The lowest BCUT2D eigenvalue weighted by Crippen LogP contribution is -3.08. The second kappa shape index (κ2) is 3.10. The molecular formula is C6H13N7O. The van der Waals surface area contributed by atoms with Crippen LogP contribution in [0.2, 0.25) is 0 Å². The number of anilines is 5. The van der Waals surface area contributed by atoms with Crippen LogP contribution in [0.25, 0.3) is 0 Å². The van der Waals surface area contributed by atoms with Crippen LogP contribution < -0.4 is 39.7 Å². The maximum atomic E-state index is 11.0. The molecule has 1 aromatic rings. The summed E-state index contributed by atoms with van der Waals surface area (Å²) in [6.45, 7) is 0. The van der Waals surface area contributed by atoms with Crippen LogP contribution in [0, 0.1) is 5.21 Å². The van der Waals surface area contributed by atoms with Gasteiger partial charge < -0.3 is 33.9 Å². The number of nitrogens with two attached hydrogens (primary N) is 6. The van der Waals surface area contributed by atoms with Crippen molar-refractivity contribution in [3.8, 4) is 0 Å². The minimum Gasteiger partial charge on any atom is -0.608 e. The van der Waals surface area contributed by atoms with Crippen molar-refractivity contribution in [1.29, 1.82) is 0 Å². The maximum absolute atomic E-state index is 11.0. The van der Waals surface area contributed by atoms with Gasteiger partial charge in [-0.05, 0) is 0 Å². The molecule has 0 amide bonds. The average molecular weight is 199 g/mol. The number of hydrogen-bond donors (Lipinski definition) is 7. The van der Waals surface area contributed by atoms with Crippen molar-refractivity contribution in [1.82, 2.24) is 0 Å². The quantitative estimate of drug-likeness (QED) is 0.148. The largest absolute Gasteiger partial charge is 0.608 e. The number of rotatable bonds is 1. The zero-order chi connectivity index (χ0) is 11.0. The minimum absolute atomic E-state index is 0.0190. The summed E-state index contributed by atoms with van der Waals surface area (Å²) >= 11 is 0. The summed E-state index contributed by atoms with van der Waals surface area (Å²) in [6.07, 6.45) is 0. The molecule has 1 unspecified atom stereocenters. The summed E-state index contributed by atoms with van der Waals surface area (Å²) in [4.78, 5) is 0. The lowest BCUT2D eigenvalue weighted by Gasteiger charge is -2.21. The number of benzene rings is 1. The summed E-state index contributed by atoms with van der Waals surface area (Å²) in [7, 11) is 0. The van der Waals surface area contributed by atoms with Gasteiger partial charge in [0, 0.05) is 0 Å². The van der Waals surface area contributed by atoms with Gasteiger partial charge in [0.2, 0.25) is 5.69 Å². The highest BCUT2D eigenvalue weighted by molar-refractivity contribution is 6.00. The Kier molecular flexibility index (Phi) is 2.26. The van der Waals surface area contributed by atoms with Crippen molar-refractivity contribution in [2.45, 2.75) is 0 Å². The average Bonchev–Trinajstić information content (AvgIpc) is 2.11. The Morgan fingerprint density at radius 2 is 1.00 bits per heavy atom. The van der Waals surface area contributed by atoms with Crippen LogP contribution in [0.1, 0.15) is 0 Å². The Hall–Kier alpha value is -1.90. The van der Waals surface area contributed by atoms with Gasteiger partial charge in [-0.1, -0.05) is 0 Å². The lowest BCUT2D eigenvalue weighted by molar-refractivity contribution is -0.788. The molecule has 1 rings (SSSR count). The fraction of sp³-hybridized carbons (Fsp3) is 0. The molecule has 14 heavy (non-hydrogen) atoms. The van der Waals surface area contributed by atoms with Crippen molar-refractivity contribution in [3.63, 3.8) is 0 Å². The van der Waals surface area contributed by atoms with Crippen molar-refractivity contribution < 1.29 is 5.17 Å². The highest BCUT2D eigenvalue weighted by Crippen LogP contribution is 2.39. The molecule has 1 atom stereocenters. The fourth-order valence-electron chi connectivity index (χ4n) is 1.12. The van der Waals surface area contributed by atoms with Crippen LogP contribution in [0.4, 0.5) is 34.1 Å². The van der Waals surface area contributed by atoms with Crippen LogP contribution >= 0.6 is 0 Å². The molecule has 0 saturated heterocycles. The van der Waals surface area contributed by atoms with Crippen LogP contribution in [0.3, 0.4) is 0 Å². The normalized spacial score (nSPS) is 12.7. The standard InChI is InChI=1S/C6H13N7O/c7-1-2(8)4(10)6(13(12)14)5(11)3(1)9/h13H,7-12H2. The maximum Gasteiger partial charge on any atom is 0.201 e. The Labute approximate surface area is 79.9 Å². The van der Waals surface area contributed by atoms with Gasteiger partial charge in [-0.15, -0.1) is 0 Å². The molecule has 13 N–H and O–H groups in total. The second-order valence-electron chi connectivity index (χ2n) is 2.81. The molecule has 0 aliphatic carbocycles. The van der Waals surface area contributed by atoms with E-state index >= 15 is 0 Å². The fourth-order valence-corrected chi connectivity index (χ4v) is 1.12. The molecule has 0 aliphatic rings. The third-order valence-electron chi connectivity index (χ3n) is 1.95. The SMILES string of the molecule is Nc1c(N)c(N)c([NH+](N)[O-])c(N)c1N. The first-order valence-corrected chi connectivity index (χ1v) is 3.69. The minimum atomic E-state index is -0.793. The Balaban J connectivity index is 3.60. The van der Waals surface area contributed by atoms with E-state index in [1.54, 1.807) is 0 Å². The van der Waals surface area contributed by atoms with Crippen molar-refractivity contribution in [2.75, 3.05) is 28.7 Å². The van der Waals surface area contributed by atoms with Crippen LogP contribution in [-0.2, 0) is 0 Å². The van der Waals surface area contributed by atoms with E-state index in [0.717, 1.165) is 0 Å². The predicted molar refractivity (Wildman–Crippen MR) is 56.7 cm³/mol. The first-order chi connectivity index (χ1) is 6.37. The Morgan fingerprint density at radius 3 is 1.29 bits per heavy atom. The molecule has 0 aliphatic heterocycles. The molecule has 0 aromatic heterocycles. The molecule has 0 spiro atoms. The molecule has 0 bridgehead atoms. The smallest absolute Gasteiger partial charge is 0.201 e. The number of hydrogen-bond acceptors (Lipinski definition) is 7. The first kappa shape index (κ1) is 10.2. The zero-order valence-corrected chi connectivity index (χ0v) is 7.37. The summed E-state index contributed by atoms with van der Waals surface area (Å²) in [5.41, 5.74) is 27.4. The molecule has 0 saturated carbocycles. The molecule has 8 nitrogen and oxygen atoms in total. The van der Waals surface area contributed by atoms with Gasteiger partial charge in [0.05, 0.1) is 17.1 Å². The topological polar surface area (TPSA) is 184 Å². The van der Waals surface area contributed by atoms with Gasteiger partial charge in [-0.3, -0.25) is 5.17 Å². The van der Waals surface area contributed by atoms with E-state index in [4.69, 9.17) is 34.5 Å². The summed E-state index contributed by atoms with van der Waals surface area (Å²) in [5.74, 6) is 5.05. The molecule has 8 heteroatoms. The van der Waals surface area contributed by atoms with E-state index in [2.05, 4.69) is 0 Å². The van der Waals surface area contributed by atoms with Crippen LogP contribution in [-0.4, -0.2) is 0 Å². The van der Waals surface area contributed by atoms with E-state index in [-0.39, 0.29) is 34.1 Å². The van der Waals surface area contributed by atoms with Crippen molar-refractivity contribution >= 4 is 34.1 Å². The van der Waals surface area contributed by atoms with Crippen LogP contribution in [0.15, 0.2) is 0 Å². The van der Waals surface area contributed by atoms with Gasteiger partial charge in [0.1, 0.15) is 11.4 Å². The second-order valence-corrected chi connectivity index (χ2v) is 2.81. The predicted octanol–water partition coefficient (Wildman–Crippen LogP) is -2.51. The molecule has 0 radical (unpaired) electrons. The van der Waals surface area contributed by atoms with Gasteiger partial charge in [-0.25, -0.2) is 0 Å². The van der Waals surface area contributed by atoms with E-state index in [1.165, 1.54) is 0 Å². The third kappa shape index (κ3) is 1.23. The molecule has 0 fully saturated rings. The third-order valence-corrected chi connectivity index (χ3v) is 1.95. The zero-order valence-electron chi connectivity index (χ0n) is 7.37. The van der Waals surface area contributed by atoms with Gasteiger partial charge >= 0.3 is 0 Å². The van der Waals surface area contributed by atoms with Gasteiger partial charge in [0.25, 0.3) is 0 Å². The van der Waals surface area contributed by atoms with E-state index in [1.807, 2.05) is 0 Å². The van der Waals surface area contributed by atoms with E-state index in [9.17, 15) is 5.21 Å². The van der Waals surface area contributed by atoms with E-state index < -0.39 is 5.17 Å². The van der Waals surface area contributed by atoms with Gasteiger partial charge in [-0.2, -0.15) is 5.84 Å². The first-order valence-electron chi connectivity index (χ1n) is 3.69. The monoisotopic (exact) mass is 199 g/mol. The summed E-state index contributed by atoms with van der Waals surface area (Å²) < 4.78 is 0. The van der Waals surface area contributed by atoms with Crippen molar-refractivity contribution in [3.05, 3.63) is 5.21 Å². The molecule has 0 heterocycles. The number of nitrogens with one attached hydrogen (secondary N) is 1. The Bertz CT molecular complexity index is 346. The number of nitrogen functional groups attached to an aromatic ring is 6. The highest BCUT2D eigenvalue weighted by Gasteiger charge is 2.19. The molecule has 78 valence electrons. The molecular weight excluding hydrogens is 186 g/mol. The summed E-state index contributed by atoms with van der Waals surface area (Å²) in [5, 5.41) is 10.2. The van der Waals surface area contributed by atoms with Gasteiger partial charge in [0.15, 0.2) is 0 Å². The van der Waals surface area contributed by atoms with Crippen molar-refractivity contribution in [2.24, 2.45) is 5.84 Å². The van der Waals surface area contributed by atoms with Crippen LogP contribution in [0.5, 0.6) is 0 Å². The highest BCUT2D eigenvalue weighted by atomic mass is 16.5.